The molecule has 0 bridgehead atoms. The lowest BCUT2D eigenvalue weighted by atomic mass is 9.49. The van der Waals surface area contributed by atoms with Gasteiger partial charge in [-0.05, 0) is 80.0 Å². The monoisotopic (exact) mass is 504 g/mol. The second-order valence-electron chi connectivity index (χ2n) is 13.1. The molecule has 0 heterocycles. The number of fused-ring (bicyclic) bond motifs is 5. The standard InChI is InChI=1S/C31H52O5/c1-20(2)8-13-28(32)21(3)25-11-12-26-24-10-9-22-16-23(35-18-33-6)17-29(36-19-34-7)31(22,5)27(24)14-15-30(25,26)4/h9-10,20-21,23,25-29,32H,8,11-19H2,1-7H3/t21-,23+,25+,26-,27-,28?,29-,30+,31-/m0/s1. The van der Waals surface area contributed by atoms with E-state index in [0.717, 1.165) is 25.7 Å². The van der Waals surface area contributed by atoms with Crippen molar-refractivity contribution in [1.82, 2.24) is 0 Å². The molecule has 9 atom stereocenters. The zero-order valence-corrected chi connectivity index (χ0v) is 23.9. The van der Waals surface area contributed by atoms with Crippen LogP contribution in [0.1, 0.15) is 86.0 Å². The second kappa shape index (κ2) is 11.6. The number of ether oxygens (including phenoxy) is 4. The molecule has 5 nitrogen and oxygen atoms in total. The van der Waals surface area contributed by atoms with E-state index in [4.69, 9.17) is 18.9 Å². The minimum absolute atomic E-state index is 0.0304. The van der Waals surface area contributed by atoms with E-state index in [-0.39, 0.29) is 29.1 Å². The van der Waals surface area contributed by atoms with Crippen LogP contribution in [0.4, 0.5) is 0 Å². The van der Waals surface area contributed by atoms with Gasteiger partial charge in [0.1, 0.15) is 13.6 Å². The molecule has 0 spiro atoms. The predicted octanol–water partition coefficient (Wildman–Crippen LogP) is 6.51. The van der Waals surface area contributed by atoms with Crippen molar-refractivity contribution in [2.24, 2.45) is 40.4 Å². The van der Waals surface area contributed by atoms with Crippen LogP contribution in [0.3, 0.4) is 0 Å². The molecule has 5 heteroatoms. The Morgan fingerprint density at radius 1 is 0.944 bits per heavy atom. The fourth-order valence-corrected chi connectivity index (χ4v) is 8.63. The predicted molar refractivity (Wildman–Crippen MR) is 143 cm³/mol. The van der Waals surface area contributed by atoms with E-state index in [1.165, 1.54) is 31.3 Å². The molecule has 0 saturated heterocycles. The van der Waals surface area contributed by atoms with Gasteiger partial charge >= 0.3 is 0 Å². The lowest BCUT2D eigenvalue weighted by molar-refractivity contribution is -0.163. The number of aliphatic hydroxyl groups is 1. The summed E-state index contributed by atoms with van der Waals surface area (Å²) < 4.78 is 23.0. The van der Waals surface area contributed by atoms with Crippen LogP contribution < -0.4 is 0 Å². The first-order valence-corrected chi connectivity index (χ1v) is 14.5. The third kappa shape index (κ3) is 5.12. The first kappa shape index (κ1) is 28.3. The Kier molecular flexibility index (Phi) is 9.09. The van der Waals surface area contributed by atoms with Gasteiger partial charge < -0.3 is 24.1 Å². The zero-order chi connectivity index (χ0) is 26.1. The van der Waals surface area contributed by atoms with Crippen LogP contribution in [-0.4, -0.2) is 51.2 Å². The van der Waals surface area contributed by atoms with Gasteiger partial charge in [-0.2, -0.15) is 0 Å². The molecule has 0 aromatic carbocycles. The molecule has 0 amide bonds. The van der Waals surface area contributed by atoms with Crippen molar-refractivity contribution in [3.63, 3.8) is 0 Å². The second-order valence-corrected chi connectivity index (χ2v) is 13.1. The van der Waals surface area contributed by atoms with Crippen LogP contribution in [0.15, 0.2) is 23.3 Å². The Bertz CT molecular complexity index is 805. The maximum atomic E-state index is 11.1. The normalized spacial score (nSPS) is 39.6. The number of allylic oxidation sites excluding steroid dienone is 3. The average Bonchev–Trinajstić information content (AvgIpc) is 3.21. The molecule has 3 saturated carbocycles. The van der Waals surface area contributed by atoms with Crippen molar-refractivity contribution < 1.29 is 24.1 Å². The number of aliphatic hydroxyl groups excluding tert-OH is 1. The van der Waals surface area contributed by atoms with Crippen LogP contribution >= 0.6 is 0 Å². The summed E-state index contributed by atoms with van der Waals surface area (Å²) in [6.45, 7) is 12.4. The van der Waals surface area contributed by atoms with Crippen LogP contribution in [0.2, 0.25) is 0 Å². The van der Waals surface area contributed by atoms with Gasteiger partial charge in [0, 0.05) is 26.1 Å². The molecule has 206 valence electrons. The van der Waals surface area contributed by atoms with E-state index in [9.17, 15) is 5.11 Å². The number of rotatable bonds is 11. The van der Waals surface area contributed by atoms with Gasteiger partial charge in [0.15, 0.2) is 0 Å². The van der Waals surface area contributed by atoms with Gasteiger partial charge in [-0.1, -0.05) is 57.9 Å². The Morgan fingerprint density at radius 2 is 1.67 bits per heavy atom. The molecule has 1 unspecified atom stereocenters. The lowest BCUT2D eigenvalue weighted by Crippen LogP contribution is -2.54. The molecule has 0 radical (unpaired) electrons. The molecular formula is C31H52O5. The molecular weight excluding hydrogens is 452 g/mol. The summed E-state index contributed by atoms with van der Waals surface area (Å²) in [5.74, 6) is 2.68. The summed E-state index contributed by atoms with van der Waals surface area (Å²) in [5, 5.41) is 11.1. The van der Waals surface area contributed by atoms with Gasteiger partial charge in [0.2, 0.25) is 0 Å². The van der Waals surface area contributed by atoms with Gasteiger partial charge in [-0.25, -0.2) is 0 Å². The maximum Gasteiger partial charge on any atom is 0.146 e. The SMILES string of the molecule is COCO[C@@H]1CC2=CC=C3[C@@H]4CC[C@H]([C@H](C)C(O)CCC(C)C)[C@@]4(C)CC[C@@H]3[C@@]2(C)[C@@H](OCOC)C1. The highest BCUT2D eigenvalue weighted by molar-refractivity contribution is 5.40. The number of hydrogen-bond acceptors (Lipinski definition) is 5. The topological polar surface area (TPSA) is 57.2 Å². The Morgan fingerprint density at radius 3 is 2.36 bits per heavy atom. The average molecular weight is 505 g/mol. The molecule has 0 aromatic heterocycles. The summed E-state index contributed by atoms with van der Waals surface area (Å²) in [5.41, 5.74) is 3.34. The zero-order valence-electron chi connectivity index (χ0n) is 23.9. The molecule has 1 N–H and O–H groups in total. The van der Waals surface area contributed by atoms with Crippen LogP contribution in [0.5, 0.6) is 0 Å². The Balaban J connectivity index is 1.57. The van der Waals surface area contributed by atoms with E-state index in [1.54, 1.807) is 19.8 Å². The van der Waals surface area contributed by atoms with Gasteiger partial charge in [-0.3, -0.25) is 0 Å². The first-order valence-electron chi connectivity index (χ1n) is 14.5. The Hall–Kier alpha value is -0.720. The van der Waals surface area contributed by atoms with Crippen molar-refractivity contribution >= 4 is 0 Å². The van der Waals surface area contributed by atoms with Gasteiger partial charge in [0.05, 0.1) is 18.3 Å². The third-order valence-electron chi connectivity index (χ3n) is 10.8. The van der Waals surface area contributed by atoms with Crippen molar-refractivity contribution in [2.75, 3.05) is 27.8 Å². The number of hydrogen-bond donors (Lipinski definition) is 1. The maximum absolute atomic E-state index is 11.1. The lowest BCUT2D eigenvalue weighted by Gasteiger charge is -2.57. The minimum Gasteiger partial charge on any atom is -0.393 e. The van der Waals surface area contributed by atoms with Gasteiger partial charge in [0.25, 0.3) is 0 Å². The van der Waals surface area contributed by atoms with E-state index in [1.807, 2.05) is 0 Å². The van der Waals surface area contributed by atoms with Crippen molar-refractivity contribution in [3.8, 4) is 0 Å². The van der Waals surface area contributed by atoms with Crippen LogP contribution in [0.25, 0.3) is 0 Å². The van der Waals surface area contributed by atoms with E-state index in [2.05, 4.69) is 46.8 Å². The molecule has 0 aromatic rings. The van der Waals surface area contributed by atoms with Crippen molar-refractivity contribution in [2.45, 2.75) is 104 Å². The Labute approximate surface area is 220 Å². The summed E-state index contributed by atoms with van der Waals surface area (Å²) >= 11 is 0. The number of methoxy groups -OCH3 is 2. The van der Waals surface area contributed by atoms with E-state index < -0.39 is 0 Å². The molecule has 4 aliphatic rings. The minimum atomic E-state index is -0.191. The summed E-state index contributed by atoms with van der Waals surface area (Å²) in [6.07, 6.45) is 13.6. The largest absolute Gasteiger partial charge is 0.393 e. The quantitative estimate of drug-likeness (QED) is 0.325. The highest BCUT2D eigenvalue weighted by Gasteiger charge is 2.59. The summed E-state index contributed by atoms with van der Waals surface area (Å²) in [6, 6.07) is 0. The highest BCUT2D eigenvalue weighted by Crippen LogP contribution is 2.66. The molecule has 3 fully saturated rings. The smallest absolute Gasteiger partial charge is 0.146 e. The molecule has 36 heavy (non-hydrogen) atoms. The summed E-state index contributed by atoms with van der Waals surface area (Å²) in [4.78, 5) is 0. The highest BCUT2D eigenvalue weighted by atomic mass is 16.7. The molecule has 4 rings (SSSR count). The van der Waals surface area contributed by atoms with Crippen LogP contribution in [0, 0.1) is 40.4 Å². The summed E-state index contributed by atoms with van der Waals surface area (Å²) in [7, 11) is 3.38. The van der Waals surface area contributed by atoms with Crippen molar-refractivity contribution in [3.05, 3.63) is 23.3 Å². The van der Waals surface area contributed by atoms with Crippen molar-refractivity contribution in [1.29, 1.82) is 0 Å². The third-order valence-corrected chi connectivity index (χ3v) is 10.8. The molecule has 0 aliphatic heterocycles. The molecule has 4 aliphatic carbocycles. The van der Waals surface area contributed by atoms with E-state index in [0.29, 0.717) is 43.2 Å². The van der Waals surface area contributed by atoms with E-state index >= 15 is 0 Å². The van der Waals surface area contributed by atoms with Gasteiger partial charge in [-0.15, -0.1) is 0 Å². The van der Waals surface area contributed by atoms with Crippen LogP contribution in [-0.2, 0) is 18.9 Å². The fourth-order valence-electron chi connectivity index (χ4n) is 8.63. The first-order chi connectivity index (χ1) is 17.2. The fraction of sp³-hybridized carbons (Fsp3) is 0.871.